The van der Waals surface area contributed by atoms with E-state index in [4.69, 9.17) is 4.74 Å². The first-order chi connectivity index (χ1) is 10.5. The molecule has 5 nitrogen and oxygen atoms in total. The maximum absolute atomic E-state index is 12.3. The third-order valence-electron chi connectivity index (χ3n) is 3.75. The summed E-state index contributed by atoms with van der Waals surface area (Å²) < 4.78 is 5.58. The highest BCUT2D eigenvalue weighted by molar-refractivity contribution is 6.07. The van der Waals surface area contributed by atoms with Gasteiger partial charge in [-0.2, -0.15) is 0 Å². The zero-order chi connectivity index (χ0) is 15.9. The van der Waals surface area contributed by atoms with Crippen LogP contribution in [0.15, 0.2) is 36.4 Å². The molecule has 0 amide bonds. The second kappa shape index (κ2) is 5.26. The smallest absolute Gasteiger partial charge is 0.211 e. The normalized spacial score (nSPS) is 16.3. The first kappa shape index (κ1) is 14.3. The van der Waals surface area contributed by atoms with E-state index in [-0.39, 0.29) is 28.6 Å². The number of ketones is 1. The van der Waals surface area contributed by atoms with Crippen molar-refractivity contribution in [3.63, 3.8) is 0 Å². The van der Waals surface area contributed by atoms with E-state index >= 15 is 0 Å². The third kappa shape index (κ3) is 2.45. The highest BCUT2D eigenvalue weighted by Gasteiger charge is 2.35. The maximum Gasteiger partial charge on any atom is 0.211 e. The molecular formula is C17H17NO4. The predicted molar refractivity (Wildman–Crippen MR) is 83.0 cm³/mol. The molecule has 5 heteroatoms. The van der Waals surface area contributed by atoms with Crippen molar-refractivity contribution < 1.29 is 19.7 Å². The summed E-state index contributed by atoms with van der Waals surface area (Å²) in [5.41, 5.74) is 2.20. The van der Waals surface area contributed by atoms with Crippen LogP contribution in [0.3, 0.4) is 0 Å². The Morgan fingerprint density at radius 2 is 1.82 bits per heavy atom. The molecule has 114 valence electrons. The van der Waals surface area contributed by atoms with E-state index in [2.05, 4.69) is 0 Å². The molecule has 0 aliphatic carbocycles. The number of rotatable bonds is 3. The first-order valence-corrected chi connectivity index (χ1v) is 6.99. The van der Waals surface area contributed by atoms with Crippen LogP contribution in [0.1, 0.15) is 15.9 Å². The molecular weight excluding hydrogens is 282 g/mol. The minimum absolute atomic E-state index is 0.125. The molecule has 0 saturated heterocycles. The van der Waals surface area contributed by atoms with Crippen molar-refractivity contribution in [1.82, 2.24) is 0 Å². The van der Waals surface area contributed by atoms with Gasteiger partial charge in [-0.25, -0.2) is 0 Å². The molecule has 0 radical (unpaired) electrons. The number of hydrogen-bond acceptors (Lipinski definition) is 5. The Morgan fingerprint density at radius 3 is 2.45 bits per heavy atom. The molecule has 2 aromatic rings. The fourth-order valence-electron chi connectivity index (χ4n) is 2.57. The number of ether oxygens (including phenoxy) is 1. The van der Waals surface area contributed by atoms with Gasteiger partial charge in [-0.15, -0.1) is 0 Å². The van der Waals surface area contributed by atoms with Gasteiger partial charge in [0.1, 0.15) is 22.8 Å². The number of aromatic hydroxyl groups is 2. The number of fused-ring (bicyclic) bond motifs is 1. The lowest BCUT2D eigenvalue weighted by Crippen LogP contribution is -2.23. The molecule has 0 saturated carbocycles. The van der Waals surface area contributed by atoms with Gasteiger partial charge in [-0.05, 0) is 17.7 Å². The Morgan fingerprint density at radius 1 is 1.14 bits per heavy atom. The second-order valence-electron chi connectivity index (χ2n) is 5.57. The van der Waals surface area contributed by atoms with Crippen LogP contribution in [0, 0.1) is 0 Å². The maximum atomic E-state index is 12.3. The highest BCUT2D eigenvalue weighted by atomic mass is 16.5. The average molecular weight is 299 g/mol. The van der Waals surface area contributed by atoms with Crippen LogP contribution in [0.5, 0.6) is 17.2 Å². The van der Waals surface area contributed by atoms with E-state index < -0.39 is 6.10 Å². The summed E-state index contributed by atoms with van der Waals surface area (Å²) in [5.74, 6) is -0.396. The minimum Gasteiger partial charge on any atom is -0.508 e. The van der Waals surface area contributed by atoms with Crippen molar-refractivity contribution in [2.24, 2.45) is 0 Å². The van der Waals surface area contributed by atoms with Crippen LogP contribution >= 0.6 is 0 Å². The van der Waals surface area contributed by atoms with E-state index in [1.54, 1.807) is 0 Å². The van der Waals surface area contributed by atoms with Crippen LogP contribution in [0.4, 0.5) is 5.69 Å². The highest BCUT2D eigenvalue weighted by Crippen LogP contribution is 2.39. The Hall–Kier alpha value is -2.69. The topological polar surface area (TPSA) is 70.0 Å². The van der Waals surface area contributed by atoms with Gasteiger partial charge < -0.3 is 19.8 Å². The zero-order valence-corrected chi connectivity index (χ0v) is 12.4. The predicted octanol–water partition coefficient (Wildman–Crippen LogP) is 2.35. The lowest BCUT2D eigenvalue weighted by molar-refractivity contribution is 0.0856. The van der Waals surface area contributed by atoms with Crippen LogP contribution < -0.4 is 9.64 Å². The first-order valence-electron chi connectivity index (χ1n) is 6.99. The molecule has 3 rings (SSSR count). The zero-order valence-electron chi connectivity index (χ0n) is 12.4. The van der Waals surface area contributed by atoms with Crippen LogP contribution in [0.2, 0.25) is 0 Å². The molecule has 0 aromatic heterocycles. The number of anilines is 1. The van der Waals surface area contributed by atoms with Crippen molar-refractivity contribution in [2.45, 2.75) is 12.5 Å². The van der Waals surface area contributed by atoms with Crippen LogP contribution in [-0.2, 0) is 6.42 Å². The minimum atomic E-state index is -0.673. The van der Waals surface area contributed by atoms with Gasteiger partial charge in [0, 0.05) is 38.3 Å². The SMILES string of the molecule is CN(C)c1ccc(CC2Oc3cc(O)cc(O)c3C2=O)cc1. The van der Waals surface area contributed by atoms with E-state index in [1.807, 2.05) is 43.3 Å². The summed E-state index contributed by atoms with van der Waals surface area (Å²) in [4.78, 5) is 14.3. The van der Waals surface area contributed by atoms with E-state index in [9.17, 15) is 15.0 Å². The van der Waals surface area contributed by atoms with Crippen LogP contribution in [-0.4, -0.2) is 36.2 Å². The largest absolute Gasteiger partial charge is 0.508 e. The van der Waals surface area contributed by atoms with Crippen molar-refractivity contribution in [2.75, 3.05) is 19.0 Å². The molecule has 0 bridgehead atoms. The lowest BCUT2D eigenvalue weighted by atomic mass is 10.0. The number of carbonyl (C=O) groups excluding carboxylic acids is 1. The molecule has 1 aliphatic rings. The van der Waals surface area contributed by atoms with E-state index in [0.717, 1.165) is 17.3 Å². The number of Topliss-reactive ketones (excluding diaryl/α,β-unsaturated/α-hetero) is 1. The second-order valence-corrected chi connectivity index (χ2v) is 5.57. The Labute approximate surface area is 128 Å². The Bertz CT molecular complexity index is 722. The van der Waals surface area contributed by atoms with Crippen molar-refractivity contribution in [3.05, 3.63) is 47.5 Å². The Balaban J connectivity index is 1.80. The van der Waals surface area contributed by atoms with Gasteiger partial charge in [0.15, 0.2) is 6.10 Å². The number of benzene rings is 2. The fourth-order valence-corrected chi connectivity index (χ4v) is 2.57. The van der Waals surface area contributed by atoms with Crippen molar-refractivity contribution in [1.29, 1.82) is 0 Å². The molecule has 1 heterocycles. The van der Waals surface area contributed by atoms with Gasteiger partial charge >= 0.3 is 0 Å². The van der Waals surface area contributed by atoms with Gasteiger partial charge in [0.25, 0.3) is 0 Å². The summed E-state index contributed by atoms with van der Waals surface area (Å²) in [6.45, 7) is 0. The van der Waals surface area contributed by atoms with Gasteiger partial charge in [-0.1, -0.05) is 12.1 Å². The fraction of sp³-hybridized carbons (Fsp3) is 0.235. The molecule has 2 N–H and O–H groups in total. The summed E-state index contributed by atoms with van der Waals surface area (Å²) in [6.07, 6.45) is -0.255. The van der Waals surface area contributed by atoms with E-state index in [1.165, 1.54) is 6.07 Å². The molecule has 2 aromatic carbocycles. The molecule has 1 aliphatic heterocycles. The summed E-state index contributed by atoms with van der Waals surface area (Å²) in [7, 11) is 3.93. The average Bonchev–Trinajstić information content (AvgIpc) is 2.75. The molecule has 0 fully saturated rings. The standard InChI is InChI=1S/C17H17NO4/c1-18(2)11-5-3-10(4-6-11)7-15-17(21)16-13(20)8-12(19)9-14(16)22-15/h3-6,8-9,15,19-20H,7H2,1-2H3. The third-order valence-corrected chi connectivity index (χ3v) is 3.75. The Kier molecular flexibility index (Phi) is 3.41. The van der Waals surface area contributed by atoms with Gasteiger partial charge in [-0.3, -0.25) is 4.79 Å². The van der Waals surface area contributed by atoms with Gasteiger partial charge in [0.2, 0.25) is 5.78 Å². The molecule has 0 spiro atoms. The number of nitrogens with zero attached hydrogens (tertiary/aromatic N) is 1. The molecule has 1 atom stereocenters. The number of hydrogen-bond donors (Lipinski definition) is 2. The monoisotopic (exact) mass is 299 g/mol. The molecule has 22 heavy (non-hydrogen) atoms. The van der Waals surface area contributed by atoms with E-state index in [0.29, 0.717) is 6.42 Å². The summed E-state index contributed by atoms with van der Waals surface area (Å²) in [5, 5.41) is 19.3. The van der Waals surface area contributed by atoms with Crippen molar-refractivity contribution >= 4 is 11.5 Å². The molecule has 1 unspecified atom stereocenters. The number of phenols is 2. The summed E-state index contributed by atoms with van der Waals surface area (Å²) in [6, 6.07) is 10.4. The number of phenolic OH excluding ortho intramolecular Hbond substituents is 2. The van der Waals surface area contributed by atoms with Gasteiger partial charge in [0.05, 0.1) is 0 Å². The lowest BCUT2D eigenvalue weighted by Gasteiger charge is -2.14. The number of carbonyl (C=O) groups is 1. The van der Waals surface area contributed by atoms with Crippen LogP contribution in [0.25, 0.3) is 0 Å². The quantitative estimate of drug-likeness (QED) is 0.910. The summed E-state index contributed by atoms with van der Waals surface area (Å²) >= 11 is 0. The van der Waals surface area contributed by atoms with Crippen molar-refractivity contribution in [3.8, 4) is 17.2 Å².